The zero-order valence-electron chi connectivity index (χ0n) is 15.9. The van der Waals surface area contributed by atoms with Crippen molar-refractivity contribution in [2.45, 2.75) is 18.9 Å². The van der Waals surface area contributed by atoms with Crippen LogP contribution in [0.2, 0.25) is 0 Å². The first kappa shape index (κ1) is 19.0. The molecule has 0 fully saturated rings. The maximum atomic E-state index is 12.8. The van der Waals surface area contributed by atoms with Crippen LogP contribution in [0, 0.1) is 0 Å². The summed E-state index contributed by atoms with van der Waals surface area (Å²) in [6.45, 7) is 0.0788. The minimum Gasteiger partial charge on any atom is -0.497 e. The van der Waals surface area contributed by atoms with Crippen molar-refractivity contribution < 1.29 is 27.6 Å². The number of hydrogen-bond donors (Lipinski definition) is 1. The molecule has 0 aliphatic carbocycles. The number of phosphoric ester groups is 1. The van der Waals surface area contributed by atoms with Gasteiger partial charge in [0.15, 0.2) is 17.7 Å². The van der Waals surface area contributed by atoms with Gasteiger partial charge in [-0.1, -0.05) is 6.08 Å². The summed E-state index contributed by atoms with van der Waals surface area (Å²) in [6.07, 6.45) is 5.66. The second-order valence-corrected chi connectivity index (χ2v) is 8.21. The van der Waals surface area contributed by atoms with Gasteiger partial charge in [0.2, 0.25) is 0 Å². The Morgan fingerprint density at radius 3 is 3.07 bits per heavy atom. The highest BCUT2D eigenvalue weighted by molar-refractivity contribution is 7.49. The van der Waals surface area contributed by atoms with Gasteiger partial charge in [-0.05, 0) is 24.3 Å². The van der Waals surface area contributed by atoms with Gasteiger partial charge in [-0.2, -0.15) is 0 Å². The zero-order chi connectivity index (χ0) is 20.7. The quantitative estimate of drug-likeness (QED) is 0.475. The molecule has 3 aromatic rings. The number of nitrogens with zero attached hydrogens (tertiary/aromatic N) is 4. The molecule has 4 heterocycles. The Morgan fingerprint density at radius 2 is 2.20 bits per heavy atom. The minimum absolute atomic E-state index is 0.0144. The van der Waals surface area contributed by atoms with Gasteiger partial charge >= 0.3 is 7.82 Å². The number of nitrogens with two attached hydrogens (primary N) is 1. The van der Waals surface area contributed by atoms with E-state index in [1.54, 1.807) is 42.3 Å². The first-order valence-corrected chi connectivity index (χ1v) is 10.5. The summed E-state index contributed by atoms with van der Waals surface area (Å²) in [5.41, 5.74) is 7.60. The van der Waals surface area contributed by atoms with Crippen molar-refractivity contribution in [2.75, 3.05) is 19.5 Å². The topological polar surface area (TPSA) is 133 Å². The highest BCUT2D eigenvalue weighted by Crippen LogP contribution is 2.55. The van der Waals surface area contributed by atoms with E-state index in [0.29, 0.717) is 28.5 Å². The standard InChI is InChI=1S/C18H18N5O6P/c1-25-12-2-4-14-11(6-12)7-26-30(24,29-14)27-8-13-3-5-15(28-13)23-10-22-16-17(19)20-9-21-18(16)23/h2-6,9-10,13,15H,7-8H2,1H3,(H2,19,20,21)/t13-,15+,30?/m0/s1. The van der Waals surface area contributed by atoms with Crippen LogP contribution in [-0.4, -0.2) is 39.3 Å². The molecule has 30 heavy (non-hydrogen) atoms. The van der Waals surface area contributed by atoms with Crippen molar-refractivity contribution in [3.63, 3.8) is 0 Å². The number of benzene rings is 1. The van der Waals surface area contributed by atoms with Crippen molar-refractivity contribution in [1.29, 1.82) is 0 Å². The van der Waals surface area contributed by atoms with Gasteiger partial charge in [-0.3, -0.25) is 13.6 Å². The Morgan fingerprint density at radius 1 is 1.30 bits per heavy atom. The van der Waals surface area contributed by atoms with Crippen LogP contribution in [0.4, 0.5) is 5.82 Å². The van der Waals surface area contributed by atoms with E-state index >= 15 is 0 Å². The van der Waals surface area contributed by atoms with E-state index in [0.717, 1.165) is 5.56 Å². The lowest BCUT2D eigenvalue weighted by Gasteiger charge is -2.26. The van der Waals surface area contributed by atoms with Crippen LogP contribution >= 0.6 is 7.82 Å². The lowest BCUT2D eigenvalue weighted by molar-refractivity contribution is -0.00931. The normalized spacial score (nSPS) is 25.2. The molecule has 156 valence electrons. The van der Waals surface area contributed by atoms with Crippen LogP contribution in [0.15, 0.2) is 43.0 Å². The van der Waals surface area contributed by atoms with E-state index in [-0.39, 0.29) is 13.2 Å². The number of methoxy groups -OCH3 is 1. The first-order valence-electron chi connectivity index (χ1n) is 9.07. The second kappa shape index (κ2) is 7.37. The van der Waals surface area contributed by atoms with Gasteiger partial charge in [-0.25, -0.2) is 19.5 Å². The fourth-order valence-electron chi connectivity index (χ4n) is 3.21. The molecular formula is C18H18N5O6P. The summed E-state index contributed by atoms with van der Waals surface area (Å²) in [6, 6.07) is 5.15. The molecule has 1 aromatic carbocycles. The molecular weight excluding hydrogens is 413 g/mol. The van der Waals surface area contributed by atoms with Gasteiger partial charge in [-0.15, -0.1) is 0 Å². The van der Waals surface area contributed by atoms with Gasteiger partial charge in [0.1, 0.15) is 29.4 Å². The smallest absolute Gasteiger partial charge is 0.497 e. The molecule has 2 aromatic heterocycles. The van der Waals surface area contributed by atoms with E-state index in [4.69, 9.17) is 28.8 Å². The molecule has 2 aliphatic heterocycles. The highest BCUT2D eigenvalue weighted by Gasteiger charge is 2.36. The largest absolute Gasteiger partial charge is 0.530 e. The van der Waals surface area contributed by atoms with E-state index in [9.17, 15) is 4.57 Å². The highest BCUT2D eigenvalue weighted by atomic mass is 31.2. The monoisotopic (exact) mass is 431 g/mol. The Labute approximate surface area is 171 Å². The predicted molar refractivity (Wildman–Crippen MR) is 105 cm³/mol. The Kier molecular flexibility index (Phi) is 4.67. The van der Waals surface area contributed by atoms with E-state index in [2.05, 4.69) is 15.0 Å². The van der Waals surface area contributed by atoms with E-state index < -0.39 is 20.2 Å². The maximum Gasteiger partial charge on any atom is 0.530 e. The Balaban J connectivity index is 1.23. The van der Waals surface area contributed by atoms with Crippen molar-refractivity contribution in [2.24, 2.45) is 0 Å². The molecule has 0 amide bonds. The fourth-order valence-corrected chi connectivity index (χ4v) is 4.43. The van der Waals surface area contributed by atoms with Crippen LogP contribution in [0.25, 0.3) is 11.2 Å². The molecule has 0 saturated heterocycles. The Bertz CT molecular complexity index is 1180. The van der Waals surface area contributed by atoms with Crippen LogP contribution in [0.5, 0.6) is 11.5 Å². The predicted octanol–water partition coefficient (Wildman–Crippen LogP) is 2.60. The van der Waals surface area contributed by atoms with Crippen LogP contribution in [0.1, 0.15) is 11.8 Å². The summed E-state index contributed by atoms with van der Waals surface area (Å²) >= 11 is 0. The lowest BCUT2D eigenvalue weighted by Crippen LogP contribution is -2.19. The van der Waals surface area contributed by atoms with Gasteiger partial charge in [0.25, 0.3) is 0 Å². The number of imidazole rings is 1. The molecule has 12 heteroatoms. The van der Waals surface area contributed by atoms with Gasteiger partial charge in [0.05, 0.1) is 26.7 Å². The third-order valence-corrected chi connectivity index (χ3v) is 6.05. The average Bonchev–Trinajstić information content (AvgIpc) is 3.39. The number of aromatic nitrogens is 4. The number of anilines is 1. The third kappa shape index (κ3) is 3.41. The van der Waals surface area contributed by atoms with Crippen LogP contribution in [-0.2, 0) is 25.0 Å². The van der Waals surface area contributed by atoms with Crippen molar-refractivity contribution >= 4 is 24.8 Å². The van der Waals surface area contributed by atoms with E-state index in [1.807, 2.05) is 6.08 Å². The summed E-state index contributed by atoms with van der Waals surface area (Å²) in [5.74, 6) is 1.39. The van der Waals surface area contributed by atoms with Crippen molar-refractivity contribution in [1.82, 2.24) is 19.5 Å². The van der Waals surface area contributed by atoms with Gasteiger partial charge in [0, 0.05) is 5.56 Å². The molecule has 1 unspecified atom stereocenters. The number of phosphoric acid groups is 1. The minimum atomic E-state index is -3.76. The maximum absolute atomic E-state index is 12.8. The molecule has 5 rings (SSSR count). The van der Waals surface area contributed by atoms with E-state index in [1.165, 1.54) is 6.33 Å². The summed E-state index contributed by atoms with van der Waals surface area (Å²) in [4.78, 5) is 12.4. The number of rotatable bonds is 5. The SMILES string of the molecule is COc1ccc2c(c1)COP(=O)(OC[C@@H]1C=C[C@H](n3cnc4c(N)ncnc43)O1)O2. The van der Waals surface area contributed by atoms with Crippen molar-refractivity contribution in [3.05, 3.63) is 48.6 Å². The van der Waals surface area contributed by atoms with Gasteiger partial charge < -0.3 is 19.7 Å². The molecule has 0 radical (unpaired) electrons. The molecule has 2 aliphatic rings. The van der Waals surface area contributed by atoms with Crippen LogP contribution in [0.3, 0.4) is 0 Å². The molecule has 0 spiro atoms. The number of nitrogen functional groups attached to an aromatic ring is 1. The second-order valence-electron chi connectivity index (χ2n) is 6.61. The zero-order valence-corrected chi connectivity index (χ0v) is 16.8. The summed E-state index contributed by atoms with van der Waals surface area (Å²) in [7, 11) is -2.19. The first-order chi connectivity index (χ1) is 14.5. The number of fused-ring (bicyclic) bond motifs is 2. The summed E-state index contributed by atoms with van der Waals surface area (Å²) in [5, 5.41) is 0. The van der Waals surface area contributed by atoms with Crippen molar-refractivity contribution in [3.8, 4) is 11.5 Å². The number of hydrogen-bond acceptors (Lipinski definition) is 10. The average molecular weight is 431 g/mol. The van der Waals surface area contributed by atoms with Crippen LogP contribution < -0.4 is 15.0 Å². The molecule has 0 bridgehead atoms. The molecule has 0 saturated carbocycles. The molecule has 2 N–H and O–H groups in total. The fraction of sp³-hybridized carbons (Fsp3) is 0.278. The summed E-state index contributed by atoms with van der Waals surface area (Å²) < 4.78 is 41.9. The molecule has 3 atom stereocenters. The number of ether oxygens (including phenoxy) is 2. The Hall–Kier alpha value is -2.98. The molecule has 11 nitrogen and oxygen atoms in total. The third-order valence-electron chi connectivity index (χ3n) is 4.72. The lowest BCUT2D eigenvalue weighted by atomic mass is 10.2.